The van der Waals surface area contributed by atoms with E-state index in [-0.39, 0.29) is 24.5 Å². The van der Waals surface area contributed by atoms with Crippen LogP contribution in [0.3, 0.4) is 0 Å². The summed E-state index contributed by atoms with van der Waals surface area (Å²) in [7, 11) is 1.77. The third-order valence-electron chi connectivity index (χ3n) is 5.83. The van der Waals surface area contributed by atoms with Crippen molar-refractivity contribution in [2.75, 3.05) is 19.6 Å². The van der Waals surface area contributed by atoms with Gasteiger partial charge in [0.1, 0.15) is 18.0 Å². The molecular formula is C23H28FN9. The smallest absolute Gasteiger partial charge is 0.112 e. The Labute approximate surface area is 192 Å². The van der Waals surface area contributed by atoms with Gasteiger partial charge in [-0.05, 0) is 25.5 Å². The van der Waals surface area contributed by atoms with Crippen molar-refractivity contribution in [3.05, 3.63) is 65.7 Å². The second-order valence-electron chi connectivity index (χ2n) is 8.13. The lowest BCUT2D eigenvalue weighted by molar-refractivity contribution is 0.442. The van der Waals surface area contributed by atoms with Gasteiger partial charge in [-0.2, -0.15) is 10.2 Å². The van der Waals surface area contributed by atoms with Crippen LogP contribution < -0.4 is 5.73 Å². The number of nitrogens with zero attached hydrogens (tertiary/aromatic N) is 7. The second kappa shape index (κ2) is 9.76. The number of aromatic nitrogens is 4. The van der Waals surface area contributed by atoms with Crippen molar-refractivity contribution in [2.45, 2.75) is 25.8 Å². The minimum atomic E-state index is -0.309. The van der Waals surface area contributed by atoms with E-state index >= 15 is 0 Å². The van der Waals surface area contributed by atoms with E-state index in [1.807, 2.05) is 23.9 Å². The first-order valence-electron chi connectivity index (χ1n) is 10.8. The number of aliphatic imine (C=N–C) groups is 2. The monoisotopic (exact) mass is 449 g/mol. The van der Waals surface area contributed by atoms with Crippen molar-refractivity contribution in [3.8, 4) is 0 Å². The first-order valence-corrected chi connectivity index (χ1v) is 10.8. The van der Waals surface area contributed by atoms with Crippen LogP contribution >= 0.6 is 0 Å². The lowest BCUT2D eigenvalue weighted by Crippen LogP contribution is -2.27. The molecule has 0 aromatic carbocycles. The van der Waals surface area contributed by atoms with E-state index in [1.54, 1.807) is 42.5 Å². The van der Waals surface area contributed by atoms with Crippen LogP contribution in [-0.4, -0.2) is 62.0 Å². The fraction of sp³-hybridized carbons (Fsp3) is 0.348. The van der Waals surface area contributed by atoms with Gasteiger partial charge in [0.25, 0.3) is 0 Å². The molecule has 9 nitrogen and oxygen atoms in total. The van der Waals surface area contributed by atoms with Crippen molar-refractivity contribution in [3.63, 3.8) is 0 Å². The van der Waals surface area contributed by atoms with E-state index in [2.05, 4.69) is 25.1 Å². The zero-order valence-corrected chi connectivity index (χ0v) is 18.8. The Morgan fingerprint density at radius 2 is 2.24 bits per heavy atom. The van der Waals surface area contributed by atoms with Crippen LogP contribution in [0.5, 0.6) is 0 Å². The Morgan fingerprint density at radius 3 is 2.97 bits per heavy atom. The molecule has 0 saturated carbocycles. The van der Waals surface area contributed by atoms with Crippen molar-refractivity contribution >= 4 is 23.5 Å². The highest BCUT2D eigenvalue weighted by Crippen LogP contribution is 2.29. The molecule has 4 rings (SSSR count). The van der Waals surface area contributed by atoms with Gasteiger partial charge < -0.3 is 16.0 Å². The first-order chi connectivity index (χ1) is 15.9. The van der Waals surface area contributed by atoms with Crippen molar-refractivity contribution in [1.82, 2.24) is 24.5 Å². The maximum absolute atomic E-state index is 14.6. The van der Waals surface area contributed by atoms with Crippen LogP contribution in [0.2, 0.25) is 0 Å². The molecule has 2 aliphatic rings. The number of hydrogen-bond acceptors (Lipinski definition) is 5. The van der Waals surface area contributed by atoms with Gasteiger partial charge in [-0.15, -0.1) is 0 Å². The lowest BCUT2D eigenvalue weighted by Gasteiger charge is -2.17. The predicted molar refractivity (Wildman–Crippen MR) is 128 cm³/mol. The number of rotatable bonds is 6. The summed E-state index contributed by atoms with van der Waals surface area (Å²) in [5, 5.41) is 16.9. The topological polar surface area (TPSA) is 113 Å². The summed E-state index contributed by atoms with van der Waals surface area (Å²) in [4.78, 5) is 10.9. The third-order valence-corrected chi connectivity index (χ3v) is 5.83. The molecule has 1 saturated heterocycles. The number of likely N-dealkylation sites (tertiary alicyclic amines) is 1. The minimum absolute atomic E-state index is 0.0749. The maximum atomic E-state index is 14.6. The molecule has 1 aliphatic heterocycles. The number of nitrogens with one attached hydrogen (secondary N) is 1. The van der Waals surface area contributed by atoms with E-state index in [0.29, 0.717) is 28.4 Å². The summed E-state index contributed by atoms with van der Waals surface area (Å²) in [6, 6.07) is 2.27. The SMILES string of the molecule is C/C(=N\C=N/CC(=N)C1=CC(c2cnn(C)c2)=C(F)CC=C1N)N1CCC(n2cccn2)C1. The molecule has 1 atom stereocenters. The Bertz CT molecular complexity index is 1160. The summed E-state index contributed by atoms with van der Waals surface area (Å²) >= 11 is 0. The van der Waals surface area contributed by atoms with E-state index < -0.39 is 0 Å². The molecule has 0 spiro atoms. The largest absolute Gasteiger partial charge is 0.398 e. The second-order valence-corrected chi connectivity index (χ2v) is 8.13. The summed E-state index contributed by atoms with van der Waals surface area (Å²) in [5.74, 6) is 0.563. The van der Waals surface area contributed by atoms with E-state index in [0.717, 1.165) is 25.3 Å². The van der Waals surface area contributed by atoms with Gasteiger partial charge in [0.05, 0.1) is 24.5 Å². The molecule has 33 heavy (non-hydrogen) atoms. The highest BCUT2D eigenvalue weighted by Gasteiger charge is 2.24. The molecule has 2 aromatic rings. The number of amidine groups is 1. The van der Waals surface area contributed by atoms with Gasteiger partial charge in [0.15, 0.2) is 0 Å². The fourth-order valence-corrected chi connectivity index (χ4v) is 3.96. The van der Waals surface area contributed by atoms with E-state index in [9.17, 15) is 4.39 Å². The normalized spacial score (nSPS) is 19.8. The zero-order valence-electron chi connectivity index (χ0n) is 18.8. The average molecular weight is 450 g/mol. The number of nitrogens with two attached hydrogens (primary N) is 1. The highest BCUT2D eigenvalue weighted by atomic mass is 19.1. The summed E-state index contributed by atoms with van der Waals surface area (Å²) in [6.07, 6.45) is 12.9. The standard InChI is InChI=1S/C23H28FN9/c1-16(32-9-6-18(14-32)33-8-3-7-29-33)28-15-27-12-23(26)20-10-19(17-11-30-31(2)13-17)21(24)4-5-22(20)25/h3,5,7-8,10-11,13,15,18,26H,4,6,9,12,14,25H2,1-2H3/b26-23?,27-15-,28-16+. The fourth-order valence-electron chi connectivity index (χ4n) is 3.96. The molecule has 3 N–H and O–H groups in total. The van der Waals surface area contributed by atoms with Crippen LogP contribution in [0.15, 0.2) is 70.1 Å². The Hall–Kier alpha value is -3.82. The minimum Gasteiger partial charge on any atom is -0.398 e. The van der Waals surface area contributed by atoms with Gasteiger partial charge in [-0.1, -0.05) is 6.08 Å². The summed E-state index contributed by atoms with van der Waals surface area (Å²) < 4.78 is 18.2. The summed E-state index contributed by atoms with van der Waals surface area (Å²) in [5.41, 5.74) is 8.18. The van der Waals surface area contributed by atoms with Crippen molar-refractivity contribution in [1.29, 1.82) is 5.41 Å². The molecule has 0 bridgehead atoms. The predicted octanol–water partition coefficient (Wildman–Crippen LogP) is 2.88. The molecule has 1 aliphatic carbocycles. The molecule has 2 aromatic heterocycles. The number of aryl methyl sites for hydroxylation is 1. The first kappa shape index (κ1) is 22.4. The van der Waals surface area contributed by atoms with Gasteiger partial charge in [0, 0.05) is 67.6 Å². The van der Waals surface area contributed by atoms with Crippen molar-refractivity contribution < 1.29 is 4.39 Å². The van der Waals surface area contributed by atoms with E-state index in [4.69, 9.17) is 11.1 Å². The molecule has 0 amide bonds. The molecule has 3 heterocycles. The van der Waals surface area contributed by atoms with Gasteiger partial charge >= 0.3 is 0 Å². The van der Waals surface area contributed by atoms with Gasteiger partial charge in [-0.25, -0.2) is 9.38 Å². The van der Waals surface area contributed by atoms with Crippen LogP contribution in [0.4, 0.5) is 4.39 Å². The Kier molecular flexibility index (Phi) is 6.62. The molecule has 172 valence electrons. The van der Waals surface area contributed by atoms with Gasteiger partial charge in [0.2, 0.25) is 0 Å². The van der Waals surface area contributed by atoms with Crippen LogP contribution in [0.1, 0.15) is 31.4 Å². The maximum Gasteiger partial charge on any atom is 0.112 e. The molecule has 10 heteroatoms. The summed E-state index contributed by atoms with van der Waals surface area (Å²) in [6.45, 7) is 3.80. The van der Waals surface area contributed by atoms with Crippen LogP contribution in [-0.2, 0) is 7.05 Å². The highest BCUT2D eigenvalue weighted by molar-refractivity contribution is 6.06. The van der Waals surface area contributed by atoms with Gasteiger partial charge in [-0.3, -0.25) is 14.4 Å². The van der Waals surface area contributed by atoms with Crippen molar-refractivity contribution in [2.24, 2.45) is 22.8 Å². The average Bonchev–Trinajstić information content (AvgIpc) is 3.55. The third kappa shape index (κ3) is 5.16. The quantitative estimate of drug-likeness (QED) is 0.521. The van der Waals surface area contributed by atoms with E-state index in [1.165, 1.54) is 6.34 Å². The lowest BCUT2D eigenvalue weighted by atomic mass is 10.0. The number of allylic oxidation sites excluding steroid dienone is 5. The van der Waals surface area contributed by atoms with Crippen LogP contribution in [0.25, 0.3) is 5.57 Å². The molecule has 1 unspecified atom stereocenters. The molecule has 1 fully saturated rings. The Morgan fingerprint density at radius 1 is 1.39 bits per heavy atom. The zero-order chi connectivity index (χ0) is 23.4. The van der Waals surface area contributed by atoms with Crippen LogP contribution in [0, 0.1) is 5.41 Å². The Balaban J connectivity index is 1.40. The molecular weight excluding hydrogens is 421 g/mol. The number of hydrogen-bond donors (Lipinski definition) is 2. The molecule has 0 radical (unpaired) electrons. The number of halogens is 1.